The third-order valence-corrected chi connectivity index (χ3v) is 3.95. The van der Waals surface area contributed by atoms with Crippen molar-refractivity contribution in [1.82, 2.24) is 9.88 Å². The summed E-state index contributed by atoms with van der Waals surface area (Å²) in [6, 6.07) is 11.4. The van der Waals surface area contributed by atoms with Crippen LogP contribution in [0.2, 0.25) is 0 Å². The van der Waals surface area contributed by atoms with Gasteiger partial charge in [-0.2, -0.15) is 0 Å². The Morgan fingerprint density at radius 2 is 1.80 bits per heavy atom. The molecule has 1 aromatic heterocycles. The van der Waals surface area contributed by atoms with E-state index in [1.165, 1.54) is 22.3 Å². The van der Waals surface area contributed by atoms with Crippen LogP contribution in [0, 0.1) is 13.8 Å². The van der Waals surface area contributed by atoms with E-state index in [0.29, 0.717) is 6.04 Å². The van der Waals surface area contributed by atoms with Crippen LogP contribution < -0.4 is 0 Å². The predicted octanol–water partition coefficient (Wildman–Crippen LogP) is 3.76. The monoisotopic (exact) mass is 268 g/mol. The van der Waals surface area contributed by atoms with Gasteiger partial charge in [0.15, 0.2) is 0 Å². The molecule has 0 saturated heterocycles. The van der Waals surface area contributed by atoms with Crippen molar-refractivity contribution in [1.29, 1.82) is 0 Å². The van der Waals surface area contributed by atoms with Gasteiger partial charge >= 0.3 is 0 Å². The molecule has 20 heavy (non-hydrogen) atoms. The predicted molar refractivity (Wildman–Crippen MR) is 84.8 cm³/mol. The number of aryl methyl sites for hydroxylation is 2. The molecule has 2 aromatic rings. The minimum Gasteiger partial charge on any atom is -0.299 e. The molecule has 2 rings (SSSR count). The van der Waals surface area contributed by atoms with Crippen LogP contribution in [-0.4, -0.2) is 23.0 Å². The lowest BCUT2D eigenvalue weighted by Crippen LogP contribution is -2.30. The second kappa shape index (κ2) is 6.67. The fraction of sp³-hybridized carbons (Fsp3) is 0.389. The van der Waals surface area contributed by atoms with Crippen LogP contribution in [0.5, 0.6) is 0 Å². The molecule has 0 saturated carbocycles. The zero-order chi connectivity index (χ0) is 14.5. The van der Waals surface area contributed by atoms with Crippen molar-refractivity contribution >= 4 is 0 Å². The maximum Gasteiger partial charge on any atom is 0.0270 e. The molecule has 2 heteroatoms. The minimum absolute atomic E-state index is 0.512. The van der Waals surface area contributed by atoms with Gasteiger partial charge in [-0.1, -0.05) is 23.8 Å². The van der Waals surface area contributed by atoms with Crippen LogP contribution in [-0.2, 0) is 13.0 Å². The highest BCUT2D eigenvalue weighted by atomic mass is 15.1. The van der Waals surface area contributed by atoms with Crippen molar-refractivity contribution in [2.45, 2.75) is 39.8 Å². The quantitative estimate of drug-likeness (QED) is 0.821. The molecule has 0 aliphatic rings. The Bertz CT molecular complexity index is 549. The fourth-order valence-electron chi connectivity index (χ4n) is 2.46. The molecule has 106 valence electrons. The Balaban J connectivity index is 1.98. The van der Waals surface area contributed by atoms with Crippen LogP contribution >= 0.6 is 0 Å². The van der Waals surface area contributed by atoms with Crippen LogP contribution in [0.1, 0.15) is 29.2 Å². The Hall–Kier alpha value is -1.67. The van der Waals surface area contributed by atoms with Gasteiger partial charge in [0.2, 0.25) is 0 Å². The Kier molecular flexibility index (Phi) is 4.91. The largest absolute Gasteiger partial charge is 0.299 e. The van der Waals surface area contributed by atoms with Crippen molar-refractivity contribution in [3.63, 3.8) is 0 Å². The van der Waals surface area contributed by atoms with E-state index in [2.05, 4.69) is 68.0 Å². The molecule has 0 N–H and O–H groups in total. The van der Waals surface area contributed by atoms with Crippen LogP contribution in [0.15, 0.2) is 42.7 Å². The van der Waals surface area contributed by atoms with Gasteiger partial charge < -0.3 is 0 Å². The van der Waals surface area contributed by atoms with Gasteiger partial charge in [0.1, 0.15) is 0 Å². The average molecular weight is 268 g/mol. The molecule has 0 fully saturated rings. The lowest BCUT2D eigenvalue weighted by Gasteiger charge is -2.25. The van der Waals surface area contributed by atoms with Crippen LogP contribution in [0.25, 0.3) is 0 Å². The molecule has 0 aliphatic heterocycles. The normalized spacial score (nSPS) is 12.7. The molecule has 0 radical (unpaired) electrons. The second-order valence-electron chi connectivity index (χ2n) is 5.75. The zero-order valence-electron chi connectivity index (χ0n) is 12.9. The summed E-state index contributed by atoms with van der Waals surface area (Å²) in [5.41, 5.74) is 5.48. The second-order valence-corrected chi connectivity index (χ2v) is 5.75. The van der Waals surface area contributed by atoms with Crippen molar-refractivity contribution in [2.24, 2.45) is 0 Å². The first kappa shape index (κ1) is 14.7. The summed E-state index contributed by atoms with van der Waals surface area (Å²) in [5.74, 6) is 0. The summed E-state index contributed by atoms with van der Waals surface area (Å²) in [4.78, 5) is 6.49. The fourth-order valence-corrected chi connectivity index (χ4v) is 2.46. The number of hydrogen-bond acceptors (Lipinski definition) is 2. The number of likely N-dealkylation sites (N-methyl/N-ethyl adjacent to an activating group) is 1. The van der Waals surface area contributed by atoms with E-state index < -0.39 is 0 Å². The molecule has 1 atom stereocenters. The van der Waals surface area contributed by atoms with E-state index in [-0.39, 0.29) is 0 Å². The Labute approximate surface area is 122 Å². The molecule has 1 aromatic carbocycles. The number of rotatable bonds is 5. The maximum atomic E-state index is 4.07. The Morgan fingerprint density at radius 3 is 2.45 bits per heavy atom. The summed E-state index contributed by atoms with van der Waals surface area (Å²) in [6.07, 6.45) is 4.79. The van der Waals surface area contributed by atoms with Gasteiger partial charge in [-0.3, -0.25) is 9.88 Å². The molecule has 0 aliphatic carbocycles. The molecular formula is C18H24N2. The van der Waals surface area contributed by atoms with Gasteiger partial charge in [0.05, 0.1) is 0 Å². The molecule has 1 heterocycles. The molecule has 0 bridgehead atoms. The molecule has 2 nitrogen and oxygen atoms in total. The van der Waals surface area contributed by atoms with Gasteiger partial charge in [-0.05, 0) is 63.1 Å². The van der Waals surface area contributed by atoms with Gasteiger partial charge in [-0.25, -0.2) is 0 Å². The topological polar surface area (TPSA) is 16.1 Å². The SMILES string of the molecule is Cc1ccc(CN(C)[C@H](C)Cc2ccncc2)c(C)c1. The summed E-state index contributed by atoms with van der Waals surface area (Å²) >= 11 is 0. The Morgan fingerprint density at radius 1 is 1.10 bits per heavy atom. The lowest BCUT2D eigenvalue weighted by molar-refractivity contribution is 0.247. The number of benzene rings is 1. The maximum absolute atomic E-state index is 4.07. The van der Waals surface area contributed by atoms with Gasteiger partial charge in [-0.15, -0.1) is 0 Å². The van der Waals surface area contributed by atoms with E-state index in [4.69, 9.17) is 0 Å². The molecular weight excluding hydrogens is 244 g/mol. The van der Waals surface area contributed by atoms with Crippen molar-refractivity contribution in [3.8, 4) is 0 Å². The summed E-state index contributed by atoms with van der Waals surface area (Å²) in [6.45, 7) is 7.62. The standard InChI is InChI=1S/C18H24N2/c1-14-5-6-18(15(2)11-14)13-20(4)16(3)12-17-7-9-19-10-8-17/h5-11,16H,12-13H2,1-4H3/t16-/m1/s1. The van der Waals surface area contributed by atoms with Gasteiger partial charge in [0, 0.05) is 25.0 Å². The highest BCUT2D eigenvalue weighted by Gasteiger charge is 2.11. The summed E-state index contributed by atoms with van der Waals surface area (Å²) in [7, 11) is 2.20. The summed E-state index contributed by atoms with van der Waals surface area (Å²) in [5, 5.41) is 0. The average Bonchev–Trinajstić information content (AvgIpc) is 2.43. The van der Waals surface area contributed by atoms with Crippen molar-refractivity contribution in [2.75, 3.05) is 7.05 Å². The van der Waals surface area contributed by atoms with Crippen molar-refractivity contribution in [3.05, 3.63) is 65.0 Å². The first-order valence-electron chi connectivity index (χ1n) is 7.21. The van der Waals surface area contributed by atoms with Crippen molar-refractivity contribution < 1.29 is 0 Å². The number of nitrogens with zero attached hydrogens (tertiary/aromatic N) is 2. The molecule has 0 spiro atoms. The highest BCUT2D eigenvalue weighted by molar-refractivity contribution is 5.30. The molecule has 0 unspecified atom stereocenters. The smallest absolute Gasteiger partial charge is 0.0270 e. The highest BCUT2D eigenvalue weighted by Crippen LogP contribution is 2.15. The first-order valence-corrected chi connectivity index (χ1v) is 7.21. The summed E-state index contributed by atoms with van der Waals surface area (Å²) < 4.78 is 0. The first-order chi connectivity index (χ1) is 9.56. The van der Waals surface area contributed by atoms with Crippen LogP contribution in [0.4, 0.5) is 0 Å². The van der Waals surface area contributed by atoms with E-state index in [0.717, 1.165) is 13.0 Å². The van der Waals surface area contributed by atoms with Crippen LogP contribution in [0.3, 0.4) is 0 Å². The van der Waals surface area contributed by atoms with Gasteiger partial charge in [0.25, 0.3) is 0 Å². The van der Waals surface area contributed by atoms with E-state index in [1.54, 1.807) is 0 Å². The third kappa shape index (κ3) is 3.91. The molecule has 0 amide bonds. The number of pyridine rings is 1. The van der Waals surface area contributed by atoms with E-state index in [1.807, 2.05) is 12.4 Å². The number of aromatic nitrogens is 1. The number of hydrogen-bond donors (Lipinski definition) is 0. The zero-order valence-corrected chi connectivity index (χ0v) is 12.9. The minimum atomic E-state index is 0.512. The van der Waals surface area contributed by atoms with E-state index >= 15 is 0 Å². The lowest BCUT2D eigenvalue weighted by atomic mass is 10.0. The van der Waals surface area contributed by atoms with E-state index in [9.17, 15) is 0 Å². The third-order valence-electron chi connectivity index (χ3n) is 3.95.